The number of benzene rings is 2. The maximum Gasteiger partial charge on any atom is 0.336 e. The van der Waals surface area contributed by atoms with Crippen molar-refractivity contribution in [3.05, 3.63) is 54.4 Å². The number of carboxylic acid groups (broad SMARTS) is 1. The van der Waals surface area contributed by atoms with E-state index in [1.165, 1.54) is 0 Å². The largest absolute Gasteiger partial charge is 0.478 e. The van der Waals surface area contributed by atoms with Gasteiger partial charge in [0.25, 0.3) is 0 Å². The average molecular weight is 252 g/mol. The number of nitrogens with zero attached hydrogens (tertiary/aromatic N) is 2. The minimum atomic E-state index is -0.908. The lowest BCUT2D eigenvalue weighted by Gasteiger charge is -2.06. The highest BCUT2D eigenvalue weighted by atomic mass is 16.4. The van der Waals surface area contributed by atoms with Crippen LogP contribution in [-0.2, 0) is 7.05 Å². The number of carboxylic acids is 1. The third kappa shape index (κ3) is 1.87. The van der Waals surface area contributed by atoms with Crippen molar-refractivity contribution in [1.82, 2.24) is 9.78 Å². The molecule has 1 N–H and O–H groups in total. The molecule has 19 heavy (non-hydrogen) atoms. The molecule has 2 aromatic carbocycles. The van der Waals surface area contributed by atoms with Crippen LogP contribution in [0.25, 0.3) is 21.9 Å². The Bertz CT molecular complexity index is 775. The third-order valence-electron chi connectivity index (χ3n) is 3.17. The van der Waals surface area contributed by atoms with Gasteiger partial charge in [0.05, 0.1) is 11.8 Å². The third-order valence-corrected chi connectivity index (χ3v) is 3.17. The summed E-state index contributed by atoms with van der Waals surface area (Å²) in [4.78, 5) is 11.3. The molecule has 0 aliphatic heterocycles. The van der Waals surface area contributed by atoms with Crippen molar-refractivity contribution < 1.29 is 9.90 Å². The van der Waals surface area contributed by atoms with Crippen LogP contribution >= 0.6 is 0 Å². The van der Waals surface area contributed by atoms with Gasteiger partial charge in [0.15, 0.2) is 0 Å². The SMILES string of the molecule is Cn1cc(-c2cccc3c(C(=O)O)cccc23)cn1. The van der Waals surface area contributed by atoms with Crippen molar-refractivity contribution in [3.8, 4) is 11.1 Å². The molecule has 4 heteroatoms. The van der Waals surface area contributed by atoms with Gasteiger partial charge >= 0.3 is 5.97 Å². The van der Waals surface area contributed by atoms with Crippen LogP contribution in [0, 0.1) is 0 Å². The first kappa shape index (κ1) is 11.5. The van der Waals surface area contributed by atoms with Crippen LogP contribution in [0.5, 0.6) is 0 Å². The molecule has 3 rings (SSSR count). The molecule has 0 saturated heterocycles. The second-order valence-electron chi connectivity index (χ2n) is 4.41. The maximum absolute atomic E-state index is 11.3. The van der Waals surface area contributed by atoms with Gasteiger partial charge in [-0.25, -0.2) is 4.79 Å². The molecule has 0 amide bonds. The highest BCUT2D eigenvalue weighted by Gasteiger charge is 2.11. The van der Waals surface area contributed by atoms with E-state index in [9.17, 15) is 9.90 Å². The molecule has 1 heterocycles. The topological polar surface area (TPSA) is 55.1 Å². The number of fused-ring (bicyclic) bond motifs is 1. The summed E-state index contributed by atoms with van der Waals surface area (Å²) in [5.41, 5.74) is 2.30. The second-order valence-corrected chi connectivity index (χ2v) is 4.41. The molecular formula is C15H12N2O2. The van der Waals surface area contributed by atoms with Gasteiger partial charge in [-0.2, -0.15) is 5.10 Å². The second kappa shape index (κ2) is 4.24. The summed E-state index contributed by atoms with van der Waals surface area (Å²) in [6.07, 6.45) is 3.70. The Labute approximate surface area is 109 Å². The monoisotopic (exact) mass is 252 g/mol. The first-order valence-corrected chi connectivity index (χ1v) is 5.91. The molecule has 0 aliphatic carbocycles. The molecule has 0 bridgehead atoms. The van der Waals surface area contributed by atoms with E-state index in [0.717, 1.165) is 21.9 Å². The van der Waals surface area contributed by atoms with Crippen LogP contribution in [0.3, 0.4) is 0 Å². The Kier molecular flexibility index (Phi) is 2.56. The van der Waals surface area contributed by atoms with Gasteiger partial charge in [-0.15, -0.1) is 0 Å². The Morgan fingerprint density at radius 1 is 1.16 bits per heavy atom. The molecule has 0 fully saturated rings. The highest BCUT2D eigenvalue weighted by molar-refractivity contribution is 6.08. The van der Waals surface area contributed by atoms with Gasteiger partial charge in [0, 0.05) is 18.8 Å². The molecular weight excluding hydrogens is 240 g/mol. The van der Waals surface area contributed by atoms with Gasteiger partial charge in [0.1, 0.15) is 0 Å². The minimum Gasteiger partial charge on any atom is -0.478 e. The summed E-state index contributed by atoms with van der Waals surface area (Å²) in [5.74, 6) is -0.908. The summed E-state index contributed by atoms with van der Waals surface area (Å²) in [6, 6.07) is 11.0. The average Bonchev–Trinajstić information content (AvgIpc) is 2.83. The van der Waals surface area contributed by atoms with Gasteiger partial charge < -0.3 is 5.11 Å². The molecule has 0 radical (unpaired) electrons. The van der Waals surface area contributed by atoms with E-state index in [4.69, 9.17) is 0 Å². The molecule has 3 aromatic rings. The number of aryl methyl sites for hydroxylation is 1. The van der Waals surface area contributed by atoms with Crippen molar-refractivity contribution in [2.24, 2.45) is 7.05 Å². The van der Waals surface area contributed by atoms with Gasteiger partial charge in [-0.1, -0.05) is 30.3 Å². The highest BCUT2D eigenvalue weighted by Crippen LogP contribution is 2.30. The summed E-state index contributed by atoms with van der Waals surface area (Å²) in [7, 11) is 1.86. The fraction of sp³-hybridized carbons (Fsp3) is 0.0667. The number of carbonyl (C=O) groups is 1. The number of aromatic carboxylic acids is 1. The lowest BCUT2D eigenvalue weighted by Crippen LogP contribution is -1.97. The number of hydrogen-bond acceptors (Lipinski definition) is 2. The summed E-state index contributed by atoms with van der Waals surface area (Å²) >= 11 is 0. The van der Waals surface area contributed by atoms with E-state index < -0.39 is 5.97 Å². The molecule has 94 valence electrons. The van der Waals surface area contributed by atoms with Crippen LogP contribution in [-0.4, -0.2) is 20.9 Å². The molecule has 0 saturated carbocycles. The zero-order valence-corrected chi connectivity index (χ0v) is 10.4. The Balaban J connectivity index is 2.33. The van der Waals surface area contributed by atoms with Crippen molar-refractivity contribution in [3.63, 3.8) is 0 Å². The zero-order chi connectivity index (χ0) is 13.4. The summed E-state index contributed by atoms with van der Waals surface area (Å²) in [6.45, 7) is 0. The Morgan fingerprint density at radius 2 is 1.89 bits per heavy atom. The van der Waals surface area contributed by atoms with Crippen LogP contribution in [0.15, 0.2) is 48.8 Å². The van der Waals surface area contributed by atoms with E-state index in [0.29, 0.717) is 5.56 Å². The lowest BCUT2D eigenvalue weighted by atomic mass is 9.97. The predicted octanol–water partition coefficient (Wildman–Crippen LogP) is 2.94. The van der Waals surface area contributed by atoms with Crippen LogP contribution < -0.4 is 0 Å². The molecule has 4 nitrogen and oxygen atoms in total. The van der Waals surface area contributed by atoms with Crippen LogP contribution in [0.4, 0.5) is 0 Å². The fourth-order valence-corrected chi connectivity index (χ4v) is 2.31. The Hall–Kier alpha value is -2.62. The minimum absolute atomic E-state index is 0.322. The molecule has 0 unspecified atom stereocenters. The lowest BCUT2D eigenvalue weighted by molar-refractivity contribution is 0.0699. The first-order valence-electron chi connectivity index (χ1n) is 5.91. The predicted molar refractivity (Wildman–Crippen MR) is 73.1 cm³/mol. The number of hydrogen-bond donors (Lipinski definition) is 1. The molecule has 0 aliphatic rings. The Morgan fingerprint density at radius 3 is 2.58 bits per heavy atom. The maximum atomic E-state index is 11.3. The zero-order valence-electron chi connectivity index (χ0n) is 10.4. The van der Waals surface area contributed by atoms with Crippen molar-refractivity contribution in [2.75, 3.05) is 0 Å². The quantitative estimate of drug-likeness (QED) is 0.763. The van der Waals surface area contributed by atoms with E-state index in [2.05, 4.69) is 5.10 Å². The van der Waals surface area contributed by atoms with Crippen molar-refractivity contribution in [1.29, 1.82) is 0 Å². The van der Waals surface area contributed by atoms with E-state index in [1.807, 2.05) is 37.5 Å². The normalized spacial score (nSPS) is 10.8. The summed E-state index contributed by atoms with van der Waals surface area (Å²) in [5, 5.41) is 15.1. The first-order chi connectivity index (χ1) is 9.16. The van der Waals surface area contributed by atoms with E-state index in [-0.39, 0.29) is 0 Å². The van der Waals surface area contributed by atoms with Crippen LogP contribution in [0.2, 0.25) is 0 Å². The number of aromatic nitrogens is 2. The fourth-order valence-electron chi connectivity index (χ4n) is 2.31. The van der Waals surface area contributed by atoms with Crippen molar-refractivity contribution >= 4 is 16.7 Å². The van der Waals surface area contributed by atoms with Gasteiger partial charge in [-0.3, -0.25) is 4.68 Å². The molecule has 0 spiro atoms. The molecule has 1 aromatic heterocycles. The van der Waals surface area contributed by atoms with Gasteiger partial charge in [0.2, 0.25) is 0 Å². The van der Waals surface area contributed by atoms with Crippen LogP contribution in [0.1, 0.15) is 10.4 Å². The standard InChI is InChI=1S/C15H12N2O2/c1-17-9-10(8-16-17)11-4-2-6-13-12(11)5-3-7-14(13)15(18)19/h2-9H,1H3,(H,18,19). The van der Waals surface area contributed by atoms with E-state index >= 15 is 0 Å². The van der Waals surface area contributed by atoms with Crippen molar-refractivity contribution in [2.45, 2.75) is 0 Å². The van der Waals surface area contributed by atoms with Gasteiger partial charge in [-0.05, 0) is 22.4 Å². The smallest absolute Gasteiger partial charge is 0.336 e. The molecule has 0 atom stereocenters. The summed E-state index contributed by atoms with van der Waals surface area (Å²) < 4.78 is 1.73. The number of rotatable bonds is 2. The van der Waals surface area contributed by atoms with E-state index in [1.54, 1.807) is 23.0 Å².